The molecule has 1 aromatic heterocycles. The van der Waals surface area contributed by atoms with Gasteiger partial charge in [-0.1, -0.05) is 12.1 Å². The molecule has 3 N–H and O–H groups in total. The smallest absolute Gasteiger partial charge is 0.270 e. The zero-order valence-corrected chi connectivity index (χ0v) is 9.06. The van der Waals surface area contributed by atoms with Crippen molar-refractivity contribution in [2.45, 2.75) is 13.0 Å². The van der Waals surface area contributed by atoms with E-state index < -0.39 is 5.91 Å². The van der Waals surface area contributed by atoms with Gasteiger partial charge in [-0.15, -0.1) is 0 Å². The Morgan fingerprint density at radius 1 is 1.41 bits per heavy atom. The van der Waals surface area contributed by atoms with Crippen LogP contribution in [0, 0.1) is 0 Å². The van der Waals surface area contributed by atoms with Crippen LogP contribution >= 0.6 is 0 Å². The van der Waals surface area contributed by atoms with Crippen LogP contribution in [0.15, 0.2) is 29.2 Å². The van der Waals surface area contributed by atoms with Gasteiger partial charge < -0.3 is 4.57 Å². The van der Waals surface area contributed by atoms with Crippen LogP contribution in [0.25, 0.3) is 10.9 Å². The fourth-order valence-corrected chi connectivity index (χ4v) is 2.40. The van der Waals surface area contributed by atoms with Crippen LogP contribution in [0.4, 0.5) is 0 Å². The molecule has 0 fully saturated rings. The van der Waals surface area contributed by atoms with Gasteiger partial charge in [0.2, 0.25) is 5.43 Å². The van der Waals surface area contributed by atoms with E-state index in [0.29, 0.717) is 5.39 Å². The summed E-state index contributed by atoms with van der Waals surface area (Å²) in [6.07, 6.45) is 2.48. The Kier molecular flexibility index (Phi) is 2.02. The van der Waals surface area contributed by atoms with Crippen molar-refractivity contribution >= 4 is 16.8 Å². The molecular weight excluding hydrogens is 218 g/mol. The third-order valence-corrected chi connectivity index (χ3v) is 3.18. The molecule has 5 heteroatoms. The van der Waals surface area contributed by atoms with E-state index in [1.807, 2.05) is 22.1 Å². The minimum atomic E-state index is -0.544. The van der Waals surface area contributed by atoms with Crippen molar-refractivity contribution in [3.8, 4) is 0 Å². The van der Waals surface area contributed by atoms with Gasteiger partial charge in [-0.2, -0.15) is 0 Å². The maximum absolute atomic E-state index is 12.1. The molecule has 86 valence electrons. The monoisotopic (exact) mass is 229 g/mol. The van der Waals surface area contributed by atoms with Crippen LogP contribution in [-0.4, -0.2) is 10.5 Å². The van der Waals surface area contributed by atoms with Crippen molar-refractivity contribution in [2.75, 3.05) is 0 Å². The van der Waals surface area contributed by atoms with Crippen molar-refractivity contribution in [2.24, 2.45) is 5.84 Å². The number of rotatable bonds is 1. The lowest BCUT2D eigenvalue weighted by Crippen LogP contribution is -2.34. The van der Waals surface area contributed by atoms with Gasteiger partial charge in [-0.05, 0) is 18.1 Å². The number of aryl methyl sites for hydroxylation is 2. The minimum absolute atomic E-state index is 0.0963. The predicted octanol–water partition coefficient (Wildman–Crippen LogP) is 0.161. The Balaban J connectivity index is 2.43. The highest BCUT2D eigenvalue weighted by Gasteiger charge is 2.19. The summed E-state index contributed by atoms with van der Waals surface area (Å²) in [5.74, 6) is 4.53. The van der Waals surface area contributed by atoms with E-state index in [2.05, 4.69) is 0 Å². The van der Waals surface area contributed by atoms with E-state index in [0.717, 1.165) is 24.0 Å². The fraction of sp³-hybridized carbons (Fsp3) is 0.167. The number of nitrogens with zero attached hydrogens (tertiary/aromatic N) is 1. The number of carbonyl (C=O) groups is 1. The molecular formula is C12H11N3O2. The Morgan fingerprint density at radius 2 is 2.24 bits per heavy atom. The first-order valence-corrected chi connectivity index (χ1v) is 5.38. The summed E-state index contributed by atoms with van der Waals surface area (Å²) in [6, 6.07) is 5.60. The summed E-state index contributed by atoms with van der Waals surface area (Å²) in [5.41, 5.74) is 3.93. The molecule has 2 heterocycles. The Labute approximate surface area is 96.8 Å². The van der Waals surface area contributed by atoms with E-state index in [-0.39, 0.29) is 11.0 Å². The maximum Gasteiger partial charge on any atom is 0.270 e. The highest BCUT2D eigenvalue weighted by molar-refractivity contribution is 5.97. The lowest BCUT2D eigenvalue weighted by atomic mass is 10.1. The second kappa shape index (κ2) is 3.43. The predicted molar refractivity (Wildman–Crippen MR) is 63.6 cm³/mol. The molecule has 0 radical (unpaired) electrons. The summed E-state index contributed by atoms with van der Waals surface area (Å²) >= 11 is 0. The number of hydrogen-bond donors (Lipinski definition) is 2. The van der Waals surface area contributed by atoms with E-state index >= 15 is 0 Å². The van der Waals surface area contributed by atoms with E-state index in [4.69, 9.17) is 5.84 Å². The number of carbonyl (C=O) groups excluding carboxylic acids is 1. The summed E-state index contributed by atoms with van der Waals surface area (Å²) < 4.78 is 1.94. The molecule has 0 saturated carbocycles. The molecule has 1 amide bonds. The van der Waals surface area contributed by atoms with Crippen LogP contribution < -0.4 is 16.7 Å². The van der Waals surface area contributed by atoms with Gasteiger partial charge in [0, 0.05) is 18.1 Å². The first kappa shape index (κ1) is 10.0. The summed E-state index contributed by atoms with van der Waals surface area (Å²) in [7, 11) is 0. The van der Waals surface area contributed by atoms with E-state index in [1.54, 1.807) is 12.3 Å². The number of hydrogen-bond acceptors (Lipinski definition) is 3. The van der Waals surface area contributed by atoms with Gasteiger partial charge in [0.05, 0.1) is 5.52 Å². The molecule has 0 aliphatic carbocycles. The quantitative estimate of drug-likeness (QED) is 0.415. The standard InChI is InChI=1S/C12H11N3O2/c13-14-12(17)9-6-15-5-4-7-2-1-3-8(10(7)15)11(9)16/h1-3,6H,4-5,13H2,(H,14,17). The molecule has 0 spiro atoms. The lowest BCUT2D eigenvalue weighted by Gasteiger charge is -2.07. The van der Waals surface area contributed by atoms with Crippen molar-refractivity contribution in [1.29, 1.82) is 0 Å². The fourth-order valence-electron chi connectivity index (χ4n) is 2.40. The molecule has 2 aromatic rings. The van der Waals surface area contributed by atoms with Gasteiger partial charge >= 0.3 is 0 Å². The lowest BCUT2D eigenvalue weighted by molar-refractivity contribution is 0.0952. The summed E-state index contributed by atoms with van der Waals surface area (Å²) in [4.78, 5) is 23.6. The first-order valence-electron chi connectivity index (χ1n) is 5.38. The van der Waals surface area contributed by atoms with E-state index in [9.17, 15) is 9.59 Å². The highest BCUT2D eigenvalue weighted by Crippen LogP contribution is 2.23. The van der Waals surface area contributed by atoms with Crippen molar-refractivity contribution in [3.05, 3.63) is 45.7 Å². The van der Waals surface area contributed by atoms with Crippen LogP contribution in [0.2, 0.25) is 0 Å². The number of aromatic nitrogens is 1. The number of nitrogen functional groups attached to an aromatic ring is 1. The van der Waals surface area contributed by atoms with Gasteiger partial charge in [0.1, 0.15) is 5.56 Å². The number of amides is 1. The van der Waals surface area contributed by atoms with Gasteiger partial charge in [-0.25, -0.2) is 5.84 Å². The number of nitrogens with two attached hydrogens (primary N) is 1. The van der Waals surface area contributed by atoms with Gasteiger partial charge in [-0.3, -0.25) is 15.0 Å². The largest absolute Gasteiger partial charge is 0.346 e. The topological polar surface area (TPSA) is 77.1 Å². The Bertz CT molecular complexity index is 688. The van der Waals surface area contributed by atoms with Crippen molar-refractivity contribution in [3.63, 3.8) is 0 Å². The summed E-state index contributed by atoms with van der Waals surface area (Å²) in [6.45, 7) is 0.793. The Morgan fingerprint density at radius 3 is 3.00 bits per heavy atom. The van der Waals surface area contributed by atoms with Crippen LogP contribution in [-0.2, 0) is 13.0 Å². The third kappa shape index (κ3) is 1.29. The molecule has 1 aromatic carbocycles. The third-order valence-electron chi connectivity index (χ3n) is 3.18. The average molecular weight is 229 g/mol. The Hall–Kier alpha value is -2.14. The molecule has 0 saturated heterocycles. The SMILES string of the molecule is NNC(=O)c1cn2c3c(cccc3c1=O)CC2. The molecule has 0 unspecified atom stereocenters. The number of nitrogens with one attached hydrogen (secondary N) is 1. The van der Waals surface area contributed by atoms with Crippen molar-refractivity contribution < 1.29 is 4.79 Å². The molecule has 17 heavy (non-hydrogen) atoms. The summed E-state index contributed by atoms with van der Waals surface area (Å²) in [5, 5.41) is 0.584. The van der Waals surface area contributed by atoms with Gasteiger partial charge in [0.25, 0.3) is 5.91 Å². The minimum Gasteiger partial charge on any atom is -0.346 e. The van der Waals surface area contributed by atoms with Gasteiger partial charge in [0.15, 0.2) is 0 Å². The maximum atomic E-state index is 12.1. The average Bonchev–Trinajstić information content (AvgIpc) is 2.77. The molecule has 3 rings (SSSR count). The van der Waals surface area contributed by atoms with Crippen LogP contribution in [0.1, 0.15) is 15.9 Å². The molecule has 1 aliphatic rings. The van der Waals surface area contributed by atoms with Crippen LogP contribution in [0.5, 0.6) is 0 Å². The number of benzene rings is 1. The van der Waals surface area contributed by atoms with Crippen molar-refractivity contribution in [1.82, 2.24) is 9.99 Å². The molecule has 5 nitrogen and oxygen atoms in total. The molecule has 0 atom stereocenters. The number of hydrazine groups is 1. The second-order valence-electron chi connectivity index (χ2n) is 4.10. The highest BCUT2D eigenvalue weighted by atomic mass is 16.2. The van der Waals surface area contributed by atoms with Crippen LogP contribution in [0.3, 0.4) is 0 Å². The molecule has 0 bridgehead atoms. The normalized spacial score (nSPS) is 13.0. The zero-order valence-electron chi connectivity index (χ0n) is 9.06. The zero-order chi connectivity index (χ0) is 12.0. The number of pyridine rings is 1. The number of para-hydroxylation sites is 1. The van der Waals surface area contributed by atoms with E-state index in [1.165, 1.54) is 0 Å². The molecule has 1 aliphatic heterocycles. The first-order chi connectivity index (χ1) is 8.22. The second-order valence-corrected chi connectivity index (χ2v) is 4.10.